The van der Waals surface area contributed by atoms with Crippen molar-refractivity contribution >= 4 is 133 Å². The Hall–Kier alpha value is -7.68. The van der Waals surface area contributed by atoms with Crippen molar-refractivity contribution in [2.75, 3.05) is 0 Å². The monoisotopic (exact) mass is 1600 g/mol. The molecule has 538 valence electrons. The molecule has 0 radical (unpaired) electrons. The van der Waals surface area contributed by atoms with E-state index in [2.05, 4.69) is 86.6 Å². The Labute approximate surface area is 595 Å². The number of halogens is 18. The van der Waals surface area contributed by atoms with Crippen molar-refractivity contribution in [3.05, 3.63) is 192 Å². The molecule has 0 aliphatic carbocycles. The summed E-state index contributed by atoms with van der Waals surface area (Å²) in [5, 5.41) is 12.4. The predicted octanol–water partition coefficient (Wildman–Crippen LogP) is 21.8. The van der Waals surface area contributed by atoms with Gasteiger partial charge in [0.2, 0.25) is 0 Å². The highest BCUT2D eigenvalue weighted by atomic mass is 35.5. The van der Waals surface area contributed by atoms with Crippen molar-refractivity contribution in [3.63, 3.8) is 0 Å². The van der Waals surface area contributed by atoms with E-state index in [9.17, 15) is 65.9 Å². The molecule has 0 saturated heterocycles. The van der Waals surface area contributed by atoms with Crippen molar-refractivity contribution in [2.24, 2.45) is 14.1 Å². The Morgan fingerprint density at radius 3 is 1.12 bits per heavy atom. The van der Waals surface area contributed by atoms with Crippen LogP contribution < -0.4 is 0 Å². The van der Waals surface area contributed by atoms with E-state index in [1.807, 2.05) is 38.6 Å². The van der Waals surface area contributed by atoms with Crippen molar-refractivity contribution in [1.82, 2.24) is 64.0 Å². The standard InChI is InChI=1S/C5H5F3N2.C5H4F3NO2S.C5H4F3NOS2.C5H4F3NO.C5H4F3NS.C5H5N3.C5H4N2O.C5H4N2S.C4H4ClNO.2C4H4ClNS/c1-10-2-4(9-3-10)5(6,7)8;1-3-9-4(2-10-3)12-11-5(6,7)8;1-3-9-4(2-11-3)12-10-5(6,7)8;2*1-3-9-4(2-10-3)5(6,7)8;1-6-5-3-8(2)4-7-5;2*1-4-7-5(6-2)3-8-4;2*1-3-6-4(5)2-7-3;1-3-2-7-4(5)6-3/h2-3H,1H3;2*2H,1H3;2*2H,1H3;3-4H,2H3;2*3H,1H3;3*2H,1H3. The number of aromatic nitrogens is 13. The van der Waals surface area contributed by atoms with Crippen LogP contribution >= 0.6 is 116 Å². The molecule has 0 unspecified atom stereocenters. The Bertz CT molecular complexity index is 3750. The fraction of sp³-hybridized carbons (Fsp3) is 0.308. The number of oxazole rings is 4. The SMILES string of the molecule is Cc1csc(Cl)n1.Cc1nc(C(F)(F)F)co1.Cc1nc(C(F)(F)F)cs1.Cc1nc(Cl)co1.Cc1nc(Cl)cs1.Cc1nc(SOC(F)(F)F)co1.Cc1nc(SOC(F)(F)F)cs1.Cn1cnc(C(F)(F)F)c1.[C-]#[N+]c1cn(C)cn1.[C-]#[N+]c1coc(C)n1.[C-]#[N+]c1csc(C)n1. The van der Waals surface area contributed by atoms with Crippen LogP contribution in [0, 0.1) is 82.0 Å². The van der Waals surface area contributed by atoms with Gasteiger partial charge in [0.05, 0.1) is 45.4 Å². The predicted molar refractivity (Wildman–Crippen MR) is 340 cm³/mol. The summed E-state index contributed by atoms with van der Waals surface area (Å²) < 4.78 is 203. The Kier molecular flexibility index (Phi) is 39.5. The molecule has 11 rings (SSSR count). The molecule has 0 aliphatic heterocycles. The molecule has 99 heavy (non-hydrogen) atoms. The largest absolute Gasteiger partial charge is 0.534 e. The van der Waals surface area contributed by atoms with E-state index in [0.29, 0.717) is 66.2 Å². The number of thiazole rings is 5. The molecule has 0 bridgehead atoms. The third-order valence-corrected chi connectivity index (χ3v) is 14.6. The lowest BCUT2D eigenvalue weighted by molar-refractivity contribution is -0.268. The molecule has 11 aromatic heterocycles. The molecular formula is C52H46Cl3F15N16O6S7. The zero-order valence-electron chi connectivity index (χ0n) is 51.8. The fourth-order valence-electron chi connectivity index (χ4n) is 4.75. The highest BCUT2D eigenvalue weighted by molar-refractivity contribution is 7.94. The normalized spacial score (nSPS) is 10.6. The molecule has 0 atom stereocenters. The van der Waals surface area contributed by atoms with Gasteiger partial charge in [-0.2, -0.15) is 39.5 Å². The highest BCUT2D eigenvalue weighted by Gasteiger charge is 2.36. The molecule has 0 fully saturated rings. The van der Waals surface area contributed by atoms with Gasteiger partial charge in [-0.15, -0.1) is 93.0 Å². The van der Waals surface area contributed by atoms with Gasteiger partial charge in [0.25, 0.3) is 17.5 Å². The van der Waals surface area contributed by atoms with E-state index in [1.54, 1.807) is 61.5 Å². The van der Waals surface area contributed by atoms with Gasteiger partial charge in [-0.05, 0) is 27.7 Å². The van der Waals surface area contributed by atoms with Gasteiger partial charge < -0.3 is 41.3 Å². The summed E-state index contributed by atoms with van der Waals surface area (Å²) in [5.74, 6) is 2.74. The first-order valence-corrected chi connectivity index (χ1v) is 32.2. The molecule has 0 N–H and O–H groups in total. The lowest BCUT2D eigenvalue weighted by Gasteiger charge is -2.02. The average Bonchev–Trinajstić information content (AvgIpc) is 1.76. The third-order valence-electron chi connectivity index (χ3n) is 8.47. The third kappa shape index (κ3) is 43.5. The van der Waals surface area contributed by atoms with Crippen molar-refractivity contribution in [2.45, 2.75) is 104 Å². The van der Waals surface area contributed by atoms with E-state index in [-0.39, 0.29) is 40.0 Å². The summed E-state index contributed by atoms with van der Waals surface area (Å²) in [6, 6.07) is 0. The quantitative estimate of drug-likeness (QED) is 0.0904. The Morgan fingerprint density at radius 2 is 0.879 bits per heavy atom. The van der Waals surface area contributed by atoms with Gasteiger partial charge >= 0.3 is 37.1 Å². The molecule has 11 heterocycles. The first-order valence-electron chi connectivity index (χ1n) is 25.2. The number of hydrogen-bond donors (Lipinski definition) is 0. The number of nitrogens with zero attached hydrogens (tertiary/aromatic N) is 16. The van der Waals surface area contributed by atoms with Crippen molar-refractivity contribution < 1.29 is 91.9 Å². The van der Waals surface area contributed by atoms with E-state index in [0.717, 1.165) is 51.2 Å². The number of imidazole rings is 2. The van der Waals surface area contributed by atoms with Crippen LogP contribution in [-0.4, -0.2) is 76.7 Å². The van der Waals surface area contributed by atoms with E-state index < -0.39 is 48.3 Å². The molecular weight excluding hydrogens is 1560 g/mol. The summed E-state index contributed by atoms with van der Waals surface area (Å²) in [5.41, 5.74) is -1.63. The number of aryl methyl sites for hydroxylation is 11. The average molecular weight is 1610 g/mol. The van der Waals surface area contributed by atoms with E-state index in [4.69, 9.17) is 63.4 Å². The second kappa shape index (κ2) is 43.8. The maximum atomic E-state index is 11.7. The van der Waals surface area contributed by atoms with E-state index in [1.165, 1.54) is 77.4 Å². The van der Waals surface area contributed by atoms with Gasteiger partial charge in [-0.1, -0.05) is 59.5 Å². The maximum Gasteiger partial charge on any atom is 0.534 e. The zero-order valence-corrected chi connectivity index (χ0v) is 59.8. The molecule has 0 saturated carbocycles. The lowest BCUT2D eigenvalue weighted by Crippen LogP contribution is -2.07. The van der Waals surface area contributed by atoms with Crippen molar-refractivity contribution in [3.8, 4) is 0 Å². The Morgan fingerprint density at radius 1 is 0.414 bits per heavy atom. The smallest absolute Gasteiger partial charge is 0.449 e. The summed E-state index contributed by atoms with van der Waals surface area (Å²) in [7, 11) is 3.32. The molecule has 0 amide bonds. The van der Waals surface area contributed by atoms with Gasteiger partial charge in [-0.25, -0.2) is 48.2 Å². The van der Waals surface area contributed by atoms with Gasteiger partial charge in [0.15, 0.2) is 60.7 Å². The van der Waals surface area contributed by atoms with Crippen LogP contribution in [0.2, 0.25) is 14.8 Å². The fourth-order valence-corrected chi connectivity index (χ4v) is 9.25. The first kappa shape index (κ1) is 89.3. The van der Waals surface area contributed by atoms with Gasteiger partial charge in [0.1, 0.15) is 35.2 Å². The maximum absolute atomic E-state index is 11.7. The summed E-state index contributed by atoms with van der Waals surface area (Å²) in [6.45, 7) is 34.8. The summed E-state index contributed by atoms with van der Waals surface area (Å²) in [4.78, 5) is 49.0. The highest BCUT2D eigenvalue weighted by Crippen LogP contribution is 2.33. The first-order chi connectivity index (χ1) is 45.8. The number of alkyl halides is 15. The molecule has 11 aromatic rings. The van der Waals surface area contributed by atoms with Gasteiger partial charge in [-0.3, -0.25) is 0 Å². The van der Waals surface area contributed by atoms with Crippen LogP contribution in [0.15, 0.2) is 105 Å². The minimum atomic E-state index is -4.66. The van der Waals surface area contributed by atoms with Crippen LogP contribution in [0.3, 0.4) is 0 Å². The second-order valence-electron chi connectivity index (χ2n) is 16.9. The van der Waals surface area contributed by atoms with Crippen LogP contribution in [0.1, 0.15) is 66.4 Å². The van der Waals surface area contributed by atoms with Crippen molar-refractivity contribution in [1.29, 1.82) is 0 Å². The van der Waals surface area contributed by atoms with Gasteiger partial charge in [0, 0.05) is 93.7 Å². The minimum absolute atomic E-state index is 0.0207. The van der Waals surface area contributed by atoms with Crippen LogP contribution in [0.5, 0.6) is 0 Å². The molecule has 0 spiro atoms. The molecule has 0 aliphatic rings. The molecule has 0 aromatic carbocycles. The summed E-state index contributed by atoms with van der Waals surface area (Å²) >= 11 is 23.4. The second-order valence-corrected chi connectivity index (χ2v) is 24.8. The van der Waals surface area contributed by atoms with Crippen LogP contribution in [-0.2, 0) is 41.0 Å². The van der Waals surface area contributed by atoms with Crippen LogP contribution in [0.25, 0.3) is 14.5 Å². The topological polar surface area (TPSA) is 236 Å². The zero-order chi connectivity index (χ0) is 75.5. The summed E-state index contributed by atoms with van der Waals surface area (Å²) in [6.07, 6.45) is -12.5. The Balaban J connectivity index is 0.000000547. The number of rotatable bonds is 4. The molecule has 47 heteroatoms. The lowest BCUT2D eigenvalue weighted by atomic mass is 10.5. The van der Waals surface area contributed by atoms with E-state index >= 15 is 0 Å². The minimum Gasteiger partial charge on any atom is -0.449 e. The number of hydrogen-bond acceptors (Lipinski definition) is 24. The molecule has 22 nitrogen and oxygen atoms in total. The van der Waals surface area contributed by atoms with Crippen LogP contribution in [0.4, 0.5) is 83.3 Å².